The number of likely N-dealkylation sites (tertiary alicyclic amines) is 1. The molecule has 1 atom stereocenters. The summed E-state index contributed by atoms with van der Waals surface area (Å²) in [6.07, 6.45) is 7.69. The van der Waals surface area contributed by atoms with E-state index in [0.29, 0.717) is 12.1 Å². The van der Waals surface area contributed by atoms with Crippen molar-refractivity contribution >= 4 is 16.8 Å². The molecule has 1 saturated heterocycles. The molecule has 0 aliphatic carbocycles. The second-order valence-corrected chi connectivity index (χ2v) is 7.79. The molecule has 3 aromatic rings. The van der Waals surface area contributed by atoms with Crippen molar-refractivity contribution in [2.24, 2.45) is 0 Å². The fourth-order valence-corrected chi connectivity index (χ4v) is 3.92. The summed E-state index contributed by atoms with van der Waals surface area (Å²) in [6.45, 7) is 3.40. The summed E-state index contributed by atoms with van der Waals surface area (Å²) in [5, 5.41) is 1.00. The highest BCUT2D eigenvalue weighted by Gasteiger charge is 2.28. The highest BCUT2D eigenvalue weighted by Crippen LogP contribution is 2.27. The van der Waals surface area contributed by atoms with Crippen molar-refractivity contribution in [2.75, 3.05) is 33.7 Å². The average molecular weight is 377 g/mol. The standard InChI is InChI=1S/C22H27N5O/c1-25(2)12-13-26-11-9-23-21(26)18-7-5-10-27(16-18)22(28)19-14-17-6-3-4-8-20(17)24-15-19/h3-4,6,8-9,11,14-15,18H,5,7,10,12-13,16H2,1-2H3/t18-/m1/s1. The van der Waals surface area contributed by atoms with E-state index >= 15 is 0 Å². The van der Waals surface area contributed by atoms with Gasteiger partial charge in [0.05, 0.1) is 11.1 Å². The van der Waals surface area contributed by atoms with E-state index in [9.17, 15) is 4.79 Å². The minimum absolute atomic E-state index is 0.0642. The number of para-hydroxylation sites is 1. The Hall–Kier alpha value is -2.73. The molecule has 2 aromatic heterocycles. The fraction of sp³-hybridized carbons (Fsp3) is 0.409. The van der Waals surface area contributed by atoms with E-state index in [1.807, 2.05) is 47.6 Å². The van der Waals surface area contributed by atoms with Crippen LogP contribution in [0.5, 0.6) is 0 Å². The summed E-state index contributed by atoms with van der Waals surface area (Å²) in [7, 11) is 4.16. The van der Waals surface area contributed by atoms with Gasteiger partial charge in [0.1, 0.15) is 5.82 Å². The first-order valence-electron chi connectivity index (χ1n) is 9.91. The summed E-state index contributed by atoms with van der Waals surface area (Å²) in [6, 6.07) is 9.85. The molecule has 146 valence electrons. The highest BCUT2D eigenvalue weighted by molar-refractivity contribution is 5.97. The molecular weight excluding hydrogens is 350 g/mol. The zero-order chi connectivity index (χ0) is 19.5. The van der Waals surface area contributed by atoms with Crippen LogP contribution in [-0.2, 0) is 6.54 Å². The van der Waals surface area contributed by atoms with E-state index < -0.39 is 0 Å². The van der Waals surface area contributed by atoms with Gasteiger partial charge in [-0.3, -0.25) is 9.78 Å². The molecule has 28 heavy (non-hydrogen) atoms. The molecule has 3 heterocycles. The third-order valence-corrected chi connectivity index (χ3v) is 5.45. The zero-order valence-corrected chi connectivity index (χ0v) is 16.6. The Balaban J connectivity index is 1.50. The van der Waals surface area contributed by atoms with Gasteiger partial charge in [0.15, 0.2) is 0 Å². The van der Waals surface area contributed by atoms with Crippen molar-refractivity contribution in [1.29, 1.82) is 0 Å². The number of benzene rings is 1. The first-order chi connectivity index (χ1) is 13.6. The van der Waals surface area contributed by atoms with Gasteiger partial charge in [-0.25, -0.2) is 4.98 Å². The number of hydrogen-bond donors (Lipinski definition) is 0. The van der Waals surface area contributed by atoms with E-state index in [1.54, 1.807) is 6.20 Å². The second kappa shape index (κ2) is 8.10. The van der Waals surface area contributed by atoms with E-state index in [4.69, 9.17) is 0 Å². The molecule has 0 radical (unpaired) electrons. The lowest BCUT2D eigenvalue weighted by Gasteiger charge is -2.33. The van der Waals surface area contributed by atoms with Gasteiger partial charge in [0.2, 0.25) is 0 Å². The molecule has 1 aliphatic rings. The van der Waals surface area contributed by atoms with Crippen LogP contribution in [-0.4, -0.2) is 64.0 Å². The number of fused-ring (bicyclic) bond motifs is 1. The summed E-state index contributed by atoms with van der Waals surface area (Å²) in [4.78, 5) is 26.3. The van der Waals surface area contributed by atoms with Crippen LogP contribution in [0.2, 0.25) is 0 Å². The molecule has 1 aliphatic heterocycles. The molecule has 0 spiro atoms. The third kappa shape index (κ3) is 3.92. The van der Waals surface area contributed by atoms with Crippen molar-refractivity contribution in [2.45, 2.75) is 25.3 Å². The SMILES string of the molecule is CN(C)CCn1ccnc1[C@@H]1CCCN(C(=O)c2cnc3ccccc3c2)C1. The van der Waals surface area contributed by atoms with Crippen LogP contribution in [0.4, 0.5) is 0 Å². The number of likely N-dealkylation sites (N-methyl/N-ethyl adjacent to an activating group) is 1. The topological polar surface area (TPSA) is 54.3 Å². The average Bonchev–Trinajstić information content (AvgIpc) is 3.20. The number of carbonyl (C=O) groups excluding carboxylic acids is 1. The number of hydrogen-bond acceptors (Lipinski definition) is 4. The highest BCUT2D eigenvalue weighted by atomic mass is 16.2. The first kappa shape index (κ1) is 18.6. The molecule has 1 fully saturated rings. The number of carbonyl (C=O) groups is 1. The van der Waals surface area contributed by atoms with Crippen LogP contribution in [0.15, 0.2) is 48.9 Å². The van der Waals surface area contributed by atoms with Gasteiger partial charge in [0.25, 0.3) is 5.91 Å². The molecular formula is C22H27N5O. The predicted molar refractivity (Wildman–Crippen MR) is 110 cm³/mol. The molecule has 4 rings (SSSR count). The summed E-state index contributed by atoms with van der Waals surface area (Å²) < 4.78 is 2.23. The smallest absolute Gasteiger partial charge is 0.255 e. The third-order valence-electron chi connectivity index (χ3n) is 5.45. The number of pyridine rings is 1. The van der Waals surface area contributed by atoms with Crippen molar-refractivity contribution in [3.63, 3.8) is 0 Å². The van der Waals surface area contributed by atoms with E-state index in [2.05, 4.69) is 33.5 Å². The van der Waals surface area contributed by atoms with Crippen LogP contribution < -0.4 is 0 Å². The number of nitrogens with zero attached hydrogens (tertiary/aromatic N) is 5. The van der Waals surface area contributed by atoms with Crippen LogP contribution >= 0.6 is 0 Å². The maximum atomic E-state index is 13.1. The number of amides is 1. The van der Waals surface area contributed by atoms with Gasteiger partial charge in [-0.1, -0.05) is 18.2 Å². The largest absolute Gasteiger partial charge is 0.338 e. The van der Waals surface area contributed by atoms with Crippen LogP contribution in [0, 0.1) is 0 Å². The minimum Gasteiger partial charge on any atom is -0.338 e. The Morgan fingerprint density at radius 1 is 1.25 bits per heavy atom. The summed E-state index contributed by atoms with van der Waals surface area (Å²) in [5.74, 6) is 1.44. The van der Waals surface area contributed by atoms with Gasteiger partial charge in [-0.05, 0) is 39.1 Å². The van der Waals surface area contributed by atoms with Gasteiger partial charge >= 0.3 is 0 Å². The maximum Gasteiger partial charge on any atom is 0.255 e. The van der Waals surface area contributed by atoms with Crippen LogP contribution in [0.1, 0.15) is 34.9 Å². The number of aromatic nitrogens is 3. The fourth-order valence-electron chi connectivity index (χ4n) is 3.92. The molecule has 1 aromatic carbocycles. The quantitative estimate of drug-likeness (QED) is 0.686. The normalized spacial score (nSPS) is 17.4. The Kier molecular flexibility index (Phi) is 5.39. The number of rotatable bonds is 5. The van der Waals surface area contributed by atoms with Crippen LogP contribution in [0.25, 0.3) is 10.9 Å². The van der Waals surface area contributed by atoms with Crippen molar-refractivity contribution in [3.8, 4) is 0 Å². The minimum atomic E-state index is 0.0642. The molecule has 6 nitrogen and oxygen atoms in total. The Labute approximate surface area is 165 Å². The van der Waals surface area contributed by atoms with Crippen molar-refractivity contribution < 1.29 is 4.79 Å². The zero-order valence-electron chi connectivity index (χ0n) is 16.6. The second-order valence-electron chi connectivity index (χ2n) is 7.79. The molecule has 0 unspecified atom stereocenters. The van der Waals surface area contributed by atoms with E-state index in [0.717, 1.165) is 49.2 Å². The van der Waals surface area contributed by atoms with Gasteiger partial charge in [-0.2, -0.15) is 0 Å². The Morgan fingerprint density at radius 2 is 2.11 bits per heavy atom. The predicted octanol–water partition coefficient (Wildman–Crippen LogP) is 3.01. The van der Waals surface area contributed by atoms with Gasteiger partial charge < -0.3 is 14.4 Å². The molecule has 0 bridgehead atoms. The molecule has 6 heteroatoms. The maximum absolute atomic E-state index is 13.1. The lowest BCUT2D eigenvalue weighted by Crippen LogP contribution is -2.40. The van der Waals surface area contributed by atoms with Gasteiger partial charge in [-0.15, -0.1) is 0 Å². The summed E-state index contributed by atoms with van der Waals surface area (Å²) in [5.41, 5.74) is 1.58. The Morgan fingerprint density at radius 3 is 2.96 bits per heavy atom. The first-order valence-corrected chi connectivity index (χ1v) is 9.91. The van der Waals surface area contributed by atoms with Crippen molar-refractivity contribution in [1.82, 2.24) is 24.3 Å². The van der Waals surface area contributed by atoms with Crippen LogP contribution in [0.3, 0.4) is 0 Å². The van der Waals surface area contributed by atoms with Gasteiger partial charge in [0, 0.05) is 56.1 Å². The summed E-state index contributed by atoms with van der Waals surface area (Å²) >= 11 is 0. The van der Waals surface area contributed by atoms with E-state index in [1.165, 1.54) is 0 Å². The van der Waals surface area contributed by atoms with E-state index in [-0.39, 0.29) is 11.8 Å². The lowest BCUT2D eigenvalue weighted by atomic mass is 9.96. The molecule has 1 amide bonds. The molecule has 0 N–H and O–H groups in total. The molecule has 0 saturated carbocycles. The Bertz CT molecular complexity index is 964. The number of imidazole rings is 1. The lowest BCUT2D eigenvalue weighted by molar-refractivity contribution is 0.0703. The monoisotopic (exact) mass is 377 g/mol. The van der Waals surface area contributed by atoms with Crippen molar-refractivity contribution in [3.05, 3.63) is 60.3 Å². The number of piperidine rings is 1.